The van der Waals surface area contributed by atoms with Gasteiger partial charge in [0, 0.05) is 31.2 Å². The minimum absolute atomic E-state index is 0. The number of anilines is 1. The minimum Gasteiger partial charge on any atom is -0.368 e. The van der Waals surface area contributed by atoms with Crippen LogP contribution in [0.4, 0.5) is 10.3 Å². The molecular weight excluding hydrogens is 381 g/mol. The molecule has 0 radical (unpaired) electrons. The van der Waals surface area contributed by atoms with E-state index in [1.807, 2.05) is 24.8 Å². The number of amides is 1. The zero-order valence-corrected chi connectivity index (χ0v) is 16.7. The molecule has 8 heteroatoms. The molecule has 0 saturated carbocycles. The van der Waals surface area contributed by atoms with Crippen molar-refractivity contribution in [3.05, 3.63) is 53.1 Å². The summed E-state index contributed by atoms with van der Waals surface area (Å²) < 4.78 is 13.9. The van der Waals surface area contributed by atoms with Crippen molar-refractivity contribution in [2.45, 2.75) is 25.8 Å². The zero-order chi connectivity index (χ0) is 19.1. The van der Waals surface area contributed by atoms with Crippen LogP contribution in [-0.2, 0) is 0 Å². The number of nitrogens with two attached hydrogens (primary N) is 1. The first kappa shape index (κ1) is 20.5. The van der Waals surface area contributed by atoms with Gasteiger partial charge in [0.2, 0.25) is 5.95 Å². The van der Waals surface area contributed by atoms with E-state index in [1.54, 1.807) is 12.1 Å². The zero-order valence-electron chi connectivity index (χ0n) is 15.9. The van der Waals surface area contributed by atoms with Crippen molar-refractivity contribution in [2.24, 2.45) is 11.8 Å². The van der Waals surface area contributed by atoms with Gasteiger partial charge in [-0.05, 0) is 35.6 Å². The normalized spacial score (nSPS) is 23.6. The van der Waals surface area contributed by atoms with Crippen molar-refractivity contribution < 1.29 is 9.18 Å². The highest BCUT2D eigenvalue weighted by Crippen LogP contribution is 2.43. The summed E-state index contributed by atoms with van der Waals surface area (Å²) in [5.41, 5.74) is 7.71. The van der Waals surface area contributed by atoms with Crippen molar-refractivity contribution in [1.82, 2.24) is 20.2 Å². The Morgan fingerprint density at radius 3 is 2.79 bits per heavy atom. The third-order valence-corrected chi connectivity index (χ3v) is 5.59. The molecule has 28 heavy (non-hydrogen) atoms. The molecule has 3 heterocycles. The number of nitrogens with zero attached hydrogens (tertiary/aromatic N) is 3. The number of fused-ring (bicyclic) bond motifs is 1. The van der Waals surface area contributed by atoms with Gasteiger partial charge in [-0.15, -0.1) is 12.4 Å². The molecule has 3 N–H and O–H groups in total. The highest BCUT2D eigenvalue weighted by molar-refractivity contribution is 5.93. The van der Waals surface area contributed by atoms with Crippen LogP contribution in [0.2, 0.25) is 0 Å². The van der Waals surface area contributed by atoms with Crippen molar-refractivity contribution in [1.29, 1.82) is 0 Å². The fourth-order valence-electron chi connectivity index (χ4n) is 4.28. The highest BCUT2D eigenvalue weighted by atomic mass is 35.5. The van der Waals surface area contributed by atoms with Gasteiger partial charge < -0.3 is 16.0 Å². The molecule has 2 aliphatic rings. The summed E-state index contributed by atoms with van der Waals surface area (Å²) in [5, 5.41) is 3.39. The molecule has 4 rings (SSSR count). The molecule has 2 saturated heterocycles. The Kier molecular flexibility index (Phi) is 5.86. The molecule has 0 spiro atoms. The van der Waals surface area contributed by atoms with Gasteiger partial charge in [0.05, 0.1) is 6.04 Å². The lowest BCUT2D eigenvalue weighted by molar-refractivity contribution is 0.0707. The summed E-state index contributed by atoms with van der Waals surface area (Å²) in [6.07, 6.45) is 0. The number of benzene rings is 1. The van der Waals surface area contributed by atoms with Crippen molar-refractivity contribution >= 4 is 24.3 Å². The van der Waals surface area contributed by atoms with E-state index in [0.717, 1.165) is 24.3 Å². The standard InChI is InChI=1S/C20H24FN5O.ClH/c1-11(2)16-7-17(25-20(22)24-16)19(27)26-10-13-8-23-9-15(13)18(26)12-4-3-5-14(21)6-12;/h3-7,11,13,15,18,23H,8-10H2,1-2H3,(H2,22,24,25);1H/t13-,15-,18+;/m0./s1. The number of likely N-dealkylation sites (tertiary alicyclic amines) is 1. The van der Waals surface area contributed by atoms with Crippen LogP contribution in [0.1, 0.15) is 47.6 Å². The summed E-state index contributed by atoms with van der Waals surface area (Å²) in [6.45, 7) is 6.30. The summed E-state index contributed by atoms with van der Waals surface area (Å²) in [7, 11) is 0. The molecule has 2 aliphatic heterocycles. The number of nitrogens with one attached hydrogen (secondary N) is 1. The number of carbonyl (C=O) groups is 1. The van der Waals surface area contributed by atoms with E-state index in [0.29, 0.717) is 18.2 Å². The first-order valence-corrected chi connectivity index (χ1v) is 9.35. The summed E-state index contributed by atoms with van der Waals surface area (Å²) in [4.78, 5) is 23.6. The summed E-state index contributed by atoms with van der Waals surface area (Å²) in [5.74, 6) is 0.402. The average Bonchev–Trinajstić information content (AvgIpc) is 3.21. The van der Waals surface area contributed by atoms with Crippen LogP contribution in [0.15, 0.2) is 30.3 Å². The van der Waals surface area contributed by atoms with Gasteiger partial charge in [-0.3, -0.25) is 4.79 Å². The number of hydrogen-bond acceptors (Lipinski definition) is 5. The Morgan fingerprint density at radius 1 is 1.29 bits per heavy atom. The molecule has 0 bridgehead atoms. The lowest BCUT2D eigenvalue weighted by Gasteiger charge is -2.28. The van der Waals surface area contributed by atoms with E-state index in [-0.39, 0.29) is 48.0 Å². The second-order valence-corrected chi connectivity index (χ2v) is 7.73. The van der Waals surface area contributed by atoms with Gasteiger partial charge in [-0.1, -0.05) is 26.0 Å². The molecular formula is C20H25ClFN5O. The number of rotatable bonds is 3. The smallest absolute Gasteiger partial charge is 0.273 e. The Morgan fingerprint density at radius 2 is 2.07 bits per heavy atom. The Labute approximate surface area is 170 Å². The fourth-order valence-corrected chi connectivity index (χ4v) is 4.28. The average molecular weight is 406 g/mol. The third-order valence-electron chi connectivity index (χ3n) is 5.59. The van der Waals surface area contributed by atoms with Crippen LogP contribution in [0, 0.1) is 17.7 Å². The van der Waals surface area contributed by atoms with E-state index in [9.17, 15) is 9.18 Å². The topological polar surface area (TPSA) is 84.1 Å². The predicted molar refractivity (Wildman–Crippen MR) is 108 cm³/mol. The SMILES string of the molecule is CC(C)c1cc(C(=O)N2C[C@@H]3CNC[C@@H]3[C@H]2c2cccc(F)c2)nc(N)n1.Cl. The highest BCUT2D eigenvalue weighted by Gasteiger charge is 2.47. The first-order valence-electron chi connectivity index (χ1n) is 9.35. The van der Waals surface area contributed by atoms with Crippen molar-refractivity contribution in [2.75, 3.05) is 25.4 Å². The number of hydrogen-bond donors (Lipinski definition) is 2. The van der Waals surface area contributed by atoms with Crippen LogP contribution in [0.25, 0.3) is 0 Å². The molecule has 0 unspecified atom stereocenters. The lowest BCUT2D eigenvalue weighted by Crippen LogP contribution is -2.35. The van der Waals surface area contributed by atoms with Crippen LogP contribution in [-0.4, -0.2) is 40.4 Å². The summed E-state index contributed by atoms with van der Waals surface area (Å²) >= 11 is 0. The molecule has 2 fully saturated rings. The molecule has 1 aromatic heterocycles. The molecule has 150 valence electrons. The Hall–Kier alpha value is -2.25. The van der Waals surface area contributed by atoms with Crippen molar-refractivity contribution in [3.8, 4) is 0 Å². The van der Waals surface area contributed by atoms with Crippen molar-refractivity contribution in [3.63, 3.8) is 0 Å². The van der Waals surface area contributed by atoms with Crippen LogP contribution in [0.3, 0.4) is 0 Å². The minimum atomic E-state index is -0.289. The molecule has 6 nitrogen and oxygen atoms in total. The van der Waals surface area contributed by atoms with E-state index >= 15 is 0 Å². The number of carbonyl (C=O) groups excluding carboxylic acids is 1. The molecule has 2 aromatic rings. The molecule has 0 aliphatic carbocycles. The quantitative estimate of drug-likeness (QED) is 0.820. The maximum atomic E-state index is 13.9. The maximum absolute atomic E-state index is 13.9. The first-order chi connectivity index (χ1) is 12.9. The van der Waals surface area contributed by atoms with Gasteiger partial charge in [-0.2, -0.15) is 0 Å². The number of nitrogen functional groups attached to an aromatic ring is 1. The second-order valence-electron chi connectivity index (χ2n) is 7.73. The van der Waals surface area contributed by atoms with Gasteiger partial charge >= 0.3 is 0 Å². The molecule has 1 aromatic carbocycles. The summed E-state index contributed by atoms with van der Waals surface area (Å²) in [6, 6.07) is 8.09. The van der Waals surface area contributed by atoms with Gasteiger partial charge in [0.1, 0.15) is 11.5 Å². The van der Waals surface area contributed by atoms with E-state index in [2.05, 4.69) is 15.3 Å². The lowest BCUT2D eigenvalue weighted by atomic mass is 9.89. The second kappa shape index (κ2) is 8.01. The van der Waals surface area contributed by atoms with Crippen LogP contribution < -0.4 is 11.1 Å². The van der Waals surface area contributed by atoms with E-state index in [1.165, 1.54) is 12.1 Å². The predicted octanol–water partition coefficient (Wildman–Crippen LogP) is 2.78. The van der Waals surface area contributed by atoms with E-state index in [4.69, 9.17) is 5.73 Å². The Bertz CT molecular complexity index is 877. The number of aromatic nitrogens is 2. The fraction of sp³-hybridized carbons (Fsp3) is 0.450. The van der Waals surface area contributed by atoms with Crippen LogP contribution in [0.5, 0.6) is 0 Å². The number of halogens is 2. The van der Waals surface area contributed by atoms with E-state index < -0.39 is 0 Å². The van der Waals surface area contributed by atoms with Crippen LogP contribution >= 0.6 is 12.4 Å². The Balaban J connectivity index is 0.00000225. The molecule has 1 amide bonds. The van der Waals surface area contributed by atoms with Gasteiger partial charge in [0.25, 0.3) is 5.91 Å². The monoisotopic (exact) mass is 405 g/mol. The van der Waals surface area contributed by atoms with Gasteiger partial charge in [-0.25, -0.2) is 14.4 Å². The largest absolute Gasteiger partial charge is 0.368 e. The third kappa shape index (κ3) is 3.69. The van der Waals surface area contributed by atoms with Gasteiger partial charge in [0.15, 0.2) is 0 Å². The maximum Gasteiger partial charge on any atom is 0.273 e. The molecule has 3 atom stereocenters.